The first-order chi connectivity index (χ1) is 14.0. The van der Waals surface area contributed by atoms with E-state index >= 15 is 0 Å². The quantitative estimate of drug-likeness (QED) is 0.835. The second-order valence-electron chi connectivity index (χ2n) is 6.61. The second kappa shape index (κ2) is 9.18. The van der Waals surface area contributed by atoms with Crippen LogP contribution in [0, 0.1) is 0 Å². The summed E-state index contributed by atoms with van der Waals surface area (Å²) >= 11 is 0. The average molecular weight is 396 g/mol. The van der Waals surface area contributed by atoms with Crippen LogP contribution >= 0.6 is 0 Å². The highest BCUT2D eigenvalue weighted by Gasteiger charge is 2.24. The van der Waals surface area contributed by atoms with Gasteiger partial charge < -0.3 is 19.9 Å². The van der Waals surface area contributed by atoms with E-state index in [2.05, 4.69) is 10.3 Å². The van der Waals surface area contributed by atoms with Gasteiger partial charge in [-0.05, 0) is 31.2 Å². The van der Waals surface area contributed by atoms with Crippen LogP contribution in [0.4, 0.5) is 5.69 Å². The number of amides is 3. The molecule has 0 atom stereocenters. The van der Waals surface area contributed by atoms with Crippen molar-refractivity contribution in [3.05, 3.63) is 53.9 Å². The number of carbonyl (C=O) groups excluding carboxylic acids is 3. The molecule has 0 aliphatic carbocycles. The molecule has 0 unspecified atom stereocenters. The second-order valence-corrected chi connectivity index (χ2v) is 6.61. The Morgan fingerprint density at radius 1 is 1.07 bits per heavy atom. The largest absolute Gasteiger partial charge is 0.492 e. The van der Waals surface area contributed by atoms with Gasteiger partial charge in [0, 0.05) is 44.9 Å². The number of carbonyl (C=O) groups is 3. The molecule has 3 amide bonds. The van der Waals surface area contributed by atoms with Crippen LogP contribution in [0.3, 0.4) is 0 Å². The Hall–Kier alpha value is -3.42. The Bertz CT molecular complexity index is 907. The molecule has 0 bridgehead atoms. The number of benzene rings is 1. The number of rotatable bonds is 5. The van der Waals surface area contributed by atoms with Crippen LogP contribution in [0.2, 0.25) is 0 Å². The van der Waals surface area contributed by atoms with Crippen LogP contribution in [0.15, 0.2) is 42.6 Å². The molecule has 0 saturated carbocycles. The lowest BCUT2D eigenvalue weighted by atomic mass is 10.2. The number of hydrogen-bond acceptors (Lipinski definition) is 5. The number of pyridine rings is 1. The van der Waals surface area contributed by atoms with Crippen LogP contribution in [0.25, 0.3) is 0 Å². The van der Waals surface area contributed by atoms with E-state index in [1.807, 2.05) is 13.0 Å². The first kappa shape index (κ1) is 20.3. The zero-order chi connectivity index (χ0) is 20.8. The van der Waals surface area contributed by atoms with Crippen LogP contribution in [0.5, 0.6) is 5.75 Å². The summed E-state index contributed by atoms with van der Waals surface area (Å²) in [6.07, 6.45) is 1.45. The van der Waals surface area contributed by atoms with Crippen molar-refractivity contribution in [2.24, 2.45) is 0 Å². The summed E-state index contributed by atoms with van der Waals surface area (Å²) in [7, 11) is 0. The van der Waals surface area contributed by atoms with Gasteiger partial charge in [-0.25, -0.2) is 0 Å². The fourth-order valence-corrected chi connectivity index (χ4v) is 3.12. The molecule has 8 heteroatoms. The maximum absolute atomic E-state index is 12.8. The minimum atomic E-state index is -0.352. The van der Waals surface area contributed by atoms with E-state index in [-0.39, 0.29) is 23.4 Å². The van der Waals surface area contributed by atoms with Gasteiger partial charge in [-0.3, -0.25) is 19.4 Å². The highest BCUT2D eigenvalue weighted by Crippen LogP contribution is 2.24. The Labute approximate surface area is 169 Å². The van der Waals surface area contributed by atoms with E-state index in [1.54, 1.807) is 34.1 Å². The summed E-state index contributed by atoms with van der Waals surface area (Å²) in [5.41, 5.74) is 1.09. The van der Waals surface area contributed by atoms with E-state index in [1.165, 1.54) is 19.2 Å². The molecule has 1 aliphatic rings. The highest BCUT2D eigenvalue weighted by molar-refractivity contribution is 6.06. The topological polar surface area (TPSA) is 91.8 Å². The molecule has 1 fully saturated rings. The number of aromatic nitrogens is 1. The third-order valence-corrected chi connectivity index (χ3v) is 4.69. The molecule has 0 spiro atoms. The molecule has 0 radical (unpaired) electrons. The zero-order valence-corrected chi connectivity index (χ0v) is 16.6. The summed E-state index contributed by atoms with van der Waals surface area (Å²) < 4.78 is 5.52. The minimum Gasteiger partial charge on any atom is -0.492 e. The molecule has 29 heavy (non-hydrogen) atoms. The monoisotopic (exact) mass is 396 g/mol. The fourth-order valence-electron chi connectivity index (χ4n) is 3.12. The Morgan fingerprint density at radius 3 is 2.45 bits per heavy atom. The molecule has 152 valence electrons. The Kier molecular flexibility index (Phi) is 6.43. The van der Waals surface area contributed by atoms with Gasteiger partial charge in [-0.1, -0.05) is 12.1 Å². The van der Waals surface area contributed by atoms with Gasteiger partial charge in [-0.2, -0.15) is 0 Å². The van der Waals surface area contributed by atoms with Gasteiger partial charge in [0.05, 0.1) is 12.3 Å². The summed E-state index contributed by atoms with van der Waals surface area (Å²) in [5, 5.41) is 2.81. The van der Waals surface area contributed by atoms with Crippen molar-refractivity contribution in [1.29, 1.82) is 0 Å². The standard InChI is InChI=1S/C21H24N4O4/c1-3-29-19-7-5-4-6-17(19)23-20(27)16-8-9-22-18(14-16)21(28)25-12-10-24(11-13-25)15(2)26/h4-9,14H,3,10-13H2,1-2H3,(H,23,27). The number of anilines is 1. The number of para-hydroxylation sites is 2. The number of piperazine rings is 1. The summed E-state index contributed by atoms with van der Waals surface area (Å²) in [4.78, 5) is 44.4. The molecule has 1 aromatic carbocycles. The lowest BCUT2D eigenvalue weighted by Crippen LogP contribution is -2.50. The fraction of sp³-hybridized carbons (Fsp3) is 0.333. The van der Waals surface area contributed by atoms with Crippen molar-refractivity contribution in [2.75, 3.05) is 38.1 Å². The summed E-state index contributed by atoms with van der Waals surface area (Å²) in [5.74, 6) is -0.0224. The van der Waals surface area contributed by atoms with Crippen molar-refractivity contribution < 1.29 is 19.1 Å². The molecule has 2 aromatic rings. The van der Waals surface area contributed by atoms with Crippen molar-refractivity contribution >= 4 is 23.4 Å². The molecule has 1 saturated heterocycles. The maximum atomic E-state index is 12.8. The summed E-state index contributed by atoms with van der Waals surface area (Å²) in [6, 6.07) is 10.2. The van der Waals surface area contributed by atoms with Crippen LogP contribution in [-0.4, -0.2) is 65.3 Å². The minimum absolute atomic E-state index is 0.00114. The molecular weight excluding hydrogens is 372 g/mol. The predicted octanol–water partition coefficient (Wildman–Crippen LogP) is 2.04. The third kappa shape index (κ3) is 4.90. The zero-order valence-electron chi connectivity index (χ0n) is 16.6. The van der Waals surface area contributed by atoms with Gasteiger partial charge in [0.2, 0.25) is 5.91 Å². The number of hydrogen-bond donors (Lipinski definition) is 1. The molecule has 1 N–H and O–H groups in total. The van der Waals surface area contributed by atoms with Gasteiger partial charge in [0.1, 0.15) is 11.4 Å². The van der Waals surface area contributed by atoms with Gasteiger partial charge in [0.25, 0.3) is 11.8 Å². The third-order valence-electron chi connectivity index (χ3n) is 4.69. The molecule has 2 heterocycles. The van der Waals surface area contributed by atoms with E-state index in [0.29, 0.717) is 49.8 Å². The number of nitrogens with zero attached hydrogens (tertiary/aromatic N) is 3. The predicted molar refractivity (Wildman–Crippen MR) is 108 cm³/mol. The van der Waals surface area contributed by atoms with Gasteiger partial charge in [-0.15, -0.1) is 0 Å². The average Bonchev–Trinajstić information content (AvgIpc) is 2.75. The Balaban J connectivity index is 1.70. The lowest BCUT2D eigenvalue weighted by Gasteiger charge is -2.34. The first-order valence-electron chi connectivity index (χ1n) is 9.53. The SMILES string of the molecule is CCOc1ccccc1NC(=O)c1ccnc(C(=O)N2CCN(C(C)=O)CC2)c1. The first-order valence-corrected chi connectivity index (χ1v) is 9.53. The lowest BCUT2D eigenvalue weighted by molar-refractivity contribution is -0.130. The number of nitrogens with one attached hydrogen (secondary N) is 1. The van der Waals surface area contributed by atoms with Crippen molar-refractivity contribution in [3.8, 4) is 5.75 Å². The van der Waals surface area contributed by atoms with Crippen LogP contribution in [0.1, 0.15) is 34.7 Å². The van der Waals surface area contributed by atoms with E-state index in [9.17, 15) is 14.4 Å². The smallest absolute Gasteiger partial charge is 0.272 e. The van der Waals surface area contributed by atoms with Crippen LogP contribution in [-0.2, 0) is 4.79 Å². The molecular formula is C21H24N4O4. The Morgan fingerprint density at radius 2 is 1.76 bits per heavy atom. The maximum Gasteiger partial charge on any atom is 0.272 e. The molecule has 3 rings (SSSR count). The van der Waals surface area contributed by atoms with E-state index in [0.717, 1.165) is 0 Å². The van der Waals surface area contributed by atoms with Gasteiger partial charge in [0.15, 0.2) is 0 Å². The molecule has 1 aliphatic heterocycles. The van der Waals surface area contributed by atoms with Crippen LogP contribution < -0.4 is 10.1 Å². The van der Waals surface area contributed by atoms with Crippen molar-refractivity contribution in [3.63, 3.8) is 0 Å². The van der Waals surface area contributed by atoms with E-state index in [4.69, 9.17) is 4.74 Å². The van der Waals surface area contributed by atoms with Gasteiger partial charge >= 0.3 is 0 Å². The highest BCUT2D eigenvalue weighted by atomic mass is 16.5. The van der Waals surface area contributed by atoms with Crippen molar-refractivity contribution in [2.45, 2.75) is 13.8 Å². The number of ether oxygens (including phenoxy) is 1. The van der Waals surface area contributed by atoms with Crippen molar-refractivity contribution in [1.82, 2.24) is 14.8 Å². The molecule has 1 aromatic heterocycles. The van der Waals surface area contributed by atoms with E-state index < -0.39 is 0 Å². The normalized spacial score (nSPS) is 13.7. The summed E-state index contributed by atoms with van der Waals surface area (Å²) in [6.45, 7) is 5.75. The molecule has 8 nitrogen and oxygen atoms in total.